The van der Waals surface area contributed by atoms with Gasteiger partial charge in [-0.1, -0.05) is 35.5 Å². The van der Waals surface area contributed by atoms with E-state index in [9.17, 15) is 9.59 Å². The SMILES string of the molecule is Cc1noc(CNC(=O)c2cc3c(=O)n(Cc4ccccc4)ccc3nc2C)n1. The van der Waals surface area contributed by atoms with Crippen LogP contribution in [0.5, 0.6) is 0 Å². The molecule has 0 aliphatic heterocycles. The minimum atomic E-state index is -0.356. The van der Waals surface area contributed by atoms with Gasteiger partial charge in [0.25, 0.3) is 11.5 Å². The summed E-state index contributed by atoms with van der Waals surface area (Å²) in [5.74, 6) is 0.454. The number of hydrogen-bond acceptors (Lipinski definition) is 6. The van der Waals surface area contributed by atoms with Crippen molar-refractivity contribution < 1.29 is 9.32 Å². The Balaban J connectivity index is 1.64. The van der Waals surface area contributed by atoms with Crippen molar-refractivity contribution in [2.24, 2.45) is 0 Å². The zero-order valence-corrected chi connectivity index (χ0v) is 16.0. The summed E-state index contributed by atoms with van der Waals surface area (Å²) in [4.78, 5) is 34.1. The topological polar surface area (TPSA) is 103 Å². The van der Waals surface area contributed by atoms with Gasteiger partial charge in [0.15, 0.2) is 5.82 Å². The number of aromatic nitrogens is 4. The monoisotopic (exact) mass is 389 g/mol. The first-order chi connectivity index (χ1) is 14.0. The summed E-state index contributed by atoms with van der Waals surface area (Å²) in [5, 5.41) is 6.81. The van der Waals surface area contributed by atoms with E-state index in [0.29, 0.717) is 40.4 Å². The van der Waals surface area contributed by atoms with E-state index in [1.807, 2.05) is 30.3 Å². The number of rotatable bonds is 5. The van der Waals surface area contributed by atoms with Gasteiger partial charge in [0.1, 0.15) is 0 Å². The highest BCUT2D eigenvalue weighted by Gasteiger charge is 2.15. The van der Waals surface area contributed by atoms with Crippen LogP contribution in [0.4, 0.5) is 0 Å². The van der Waals surface area contributed by atoms with Crippen LogP contribution >= 0.6 is 0 Å². The highest BCUT2D eigenvalue weighted by Crippen LogP contribution is 2.14. The summed E-state index contributed by atoms with van der Waals surface area (Å²) in [6.45, 7) is 3.99. The predicted molar refractivity (Wildman–Crippen MR) is 106 cm³/mol. The molecule has 0 aliphatic carbocycles. The first-order valence-electron chi connectivity index (χ1n) is 9.13. The molecule has 3 aromatic heterocycles. The fraction of sp³-hybridized carbons (Fsp3) is 0.190. The third kappa shape index (κ3) is 3.91. The summed E-state index contributed by atoms with van der Waals surface area (Å²) < 4.78 is 6.61. The van der Waals surface area contributed by atoms with Crippen LogP contribution in [0.3, 0.4) is 0 Å². The smallest absolute Gasteiger partial charge is 0.260 e. The van der Waals surface area contributed by atoms with E-state index in [2.05, 4.69) is 20.4 Å². The van der Waals surface area contributed by atoms with Gasteiger partial charge < -0.3 is 14.4 Å². The molecule has 8 heteroatoms. The van der Waals surface area contributed by atoms with Gasteiger partial charge in [-0.25, -0.2) is 0 Å². The van der Waals surface area contributed by atoms with Gasteiger partial charge in [-0.15, -0.1) is 0 Å². The normalized spacial score (nSPS) is 11.0. The molecule has 29 heavy (non-hydrogen) atoms. The van der Waals surface area contributed by atoms with Gasteiger partial charge >= 0.3 is 0 Å². The van der Waals surface area contributed by atoms with Crippen LogP contribution in [-0.2, 0) is 13.1 Å². The third-order valence-corrected chi connectivity index (χ3v) is 4.56. The Morgan fingerprint density at radius 2 is 1.93 bits per heavy atom. The van der Waals surface area contributed by atoms with Crippen molar-refractivity contribution in [2.75, 3.05) is 0 Å². The Labute approximate surface area is 166 Å². The molecule has 0 bridgehead atoms. The molecule has 4 aromatic rings. The molecule has 0 atom stereocenters. The lowest BCUT2D eigenvalue weighted by molar-refractivity contribution is 0.0945. The van der Waals surface area contributed by atoms with Gasteiger partial charge in [0.2, 0.25) is 5.89 Å². The molecule has 0 saturated heterocycles. The van der Waals surface area contributed by atoms with E-state index in [-0.39, 0.29) is 18.0 Å². The maximum absolute atomic E-state index is 13.0. The van der Waals surface area contributed by atoms with Crippen LogP contribution in [-0.4, -0.2) is 25.6 Å². The number of carbonyl (C=O) groups is 1. The van der Waals surface area contributed by atoms with E-state index in [0.717, 1.165) is 5.56 Å². The molecule has 1 N–H and O–H groups in total. The van der Waals surface area contributed by atoms with Gasteiger partial charge in [-0.3, -0.25) is 14.6 Å². The molecule has 0 unspecified atom stereocenters. The minimum absolute atomic E-state index is 0.101. The van der Waals surface area contributed by atoms with Crippen molar-refractivity contribution in [1.29, 1.82) is 0 Å². The van der Waals surface area contributed by atoms with Crippen molar-refractivity contribution in [3.05, 3.63) is 87.6 Å². The minimum Gasteiger partial charge on any atom is -0.343 e. The maximum atomic E-state index is 13.0. The third-order valence-electron chi connectivity index (χ3n) is 4.56. The first kappa shape index (κ1) is 18.5. The Morgan fingerprint density at radius 3 is 2.66 bits per heavy atom. The first-order valence-corrected chi connectivity index (χ1v) is 9.13. The van der Waals surface area contributed by atoms with Crippen molar-refractivity contribution in [1.82, 2.24) is 25.0 Å². The highest BCUT2D eigenvalue weighted by atomic mass is 16.5. The summed E-state index contributed by atoms with van der Waals surface area (Å²) in [7, 11) is 0. The summed E-state index contributed by atoms with van der Waals surface area (Å²) in [6.07, 6.45) is 1.72. The van der Waals surface area contributed by atoms with E-state index in [1.54, 1.807) is 36.7 Å². The number of aryl methyl sites for hydroxylation is 2. The van der Waals surface area contributed by atoms with Crippen LogP contribution in [0.2, 0.25) is 0 Å². The van der Waals surface area contributed by atoms with Gasteiger partial charge in [0, 0.05) is 6.20 Å². The second-order valence-corrected chi connectivity index (χ2v) is 6.71. The number of hydrogen-bond donors (Lipinski definition) is 1. The van der Waals surface area contributed by atoms with Crippen LogP contribution in [0.25, 0.3) is 10.9 Å². The molecule has 1 amide bonds. The molecule has 0 aliphatic rings. The lowest BCUT2D eigenvalue weighted by atomic mass is 10.1. The molecular weight excluding hydrogens is 370 g/mol. The van der Waals surface area contributed by atoms with Crippen molar-refractivity contribution in [3.63, 3.8) is 0 Å². The lowest BCUT2D eigenvalue weighted by Crippen LogP contribution is -2.25. The zero-order valence-electron chi connectivity index (χ0n) is 16.0. The second-order valence-electron chi connectivity index (χ2n) is 6.71. The number of nitrogens with one attached hydrogen (secondary N) is 1. The Morgan fingerprint density at radius 1 is 1.14 bits per heavy atom. The van der Waals surface area contributed by atoms with Crippen LogP contribution in [0, 0.1) is 13.8 Å². The van der Waals surface area contributed by atoms with E-state index < -0.39 is 0 Å². The second kappa shape index (κ2) is 7.67. The molecule has 0 radical (unpaired) electrons. The van der Waals surface area contributed by atoms with Crippen molar-refractivity contribution in [3.8, 4) is 0 Å². The Kier molecular flexibility index (Phi) is 4.90. The van der Waals surface area contributed by atoms with Crippen LogP contribution in [0.15, 0.2) is 58.0 Å². The largest absolute Gasteiger partial charge is 0.343 e. The molecule has 3 heterocycles. The molecule has 1 aromatic carbocycles. The number of benzene rings is 1. The summed E-state index contributed by atoms with van der Waals surface area (Å²) in [6, 6.07) is 13.1. The summed E-state index contributed by atoms with van der Waals surface area (Å²) >= 11 is 0. The molecular formula is C21H19N5O3. The summed E-state index contributed by atoms with van der Waals surface area (Å²) in [5.41, 5.74) is 2.25. The Bertz CT molecular complexity index is 1240. The van der Waals surface area contributed by atoms with E-state index >= 15 is 0 Å². The molecule has 8 nitrogen and oxygen atoms in total. The highest BCUT2D eigenvalue weighted by molar-refractivity contribution is 5.98. The Hall–Kier alpha value is -3.81. The standard InChI is InChI=1S/C21H19N5O3/c1-13-16(20(27)22-11-19-24-14(2)25-29-19)10-17-18(23-13)8-9-26(21(17)28)12-15-6-4-3-5-7-15/h3-10H,11-12H2,1-2H3,(H,22,27). The molecule has 146 valence electrons. The molecule has 0 saturated carbocycles. The fourth-order valence-corrected chi connectivity index (χ4v) is 3.10. The number of fused-ring (bicyclic) bond motifs is 1. The number of nitrogens with zero attached hydrogens (tertiary/aromatic N) is 4. The molecule has 0 fully saturated rings. The maximum Gasteiger partial charge on any atom is 0.260 e. The number of pyridine rings is 2. The van der Waals surface area contributed by atoms with Crippen LogP contribution < -0.4 is 10.9 Å². The number of amides is 1. The fourth-order valence-electron chi connectivity index (χ4n) is 3.10. The predicted octanol–water partition coefficient (Wildman–Crippen LogP) is 2.37. The van der Waals surface area contributed by atoms with E-state index in [4.69, 9.17) is 4.52 Å². The number of carbonyl (C=O) groups excluding carboxylic acids is 1. The van der Waals surface area contributed by atoms with Crippen LogP contribution in [0.1, 0.15) is 33.3 Å². The van der Waals surface area contributed by atoms with E-state index in [1.165, 1.54) is 0 Å². The van der Waals surface area contributed by atoms with Gasteiger partial charge in [-0.2, -0.15) is 4.98 Å². The van der Waals surface area contributed by atoms with Crippen molar-refractivity contribution >= 4 is 16.8 Å². The average Bonchev–Trinajstić information content (AvgIpc) is 3.14. The zero-order chi connectivity index (χ0) is 20.4. The average molecular weight is 389 g/mol. The van der Waals surface area contributed by atoms with Gasteiger partial charge in [0.05, 0.1) is 35.2 Å². The van der Waals surface area contributed by atoms with Crippen molar-refractivity contribution in [2.45, 2.75) is 26.9 Å². The molecule has 0 spiro atoms. The molecule has 4 rings (SSSR count). The van der Waals surface area contributed by atoms with Gasteiger partial charge in [-0.05, 0) is 31.5 Å². The lowest BCUT2D eigenvalue weighted by Gasteiger charge is -2.10. The quantitative estimate of drug-likeness (QED) is 0.562.